The molecule has 0 bridgehead atoms. The highest BCUT2D eigenvalue weighted by atomic mass is 16.1. The second kappa shape index (κ2) is 7.95. The van der Waals surface area contributed by atoms with Crippen LogP contribution >= 0.6 is 0 Å². The number of nitrogens with one attached hydrogen (secondary N) is 1. The van der Waals surface area contributed by atoms with Gasteiger partial charge in [-0.2, -0.15) is 0 Å². The van der Waals surface area contributed by atoms with Crippen LogP contribution in [0.1, 0.15) is 42.8 Å². The number of aromatic nitrogens is 2. The molecule has 1 atom stereocenters. The molecule has 1 N–H and O–H groups in total. The van der Waals surface area contributed by atoms with E-state index < -0.39 is 0 Å². The van der Waals surface area contributed by atoms with Crippen molar-refractivity contribution in [1.82, 2.24) is 19.8 Å². The molecule has 2 fully saturated rings. The van der Waals surface area contributed by atoms with Gasteiger partial charge in [-0.1, -0.05) is 30.3 Å². The Morgan fingerprint density at radius 2 is 1.70 bits per heavy atom. The monoisotopic (exact) mass is 366 g/mol. The van der Waals surface area contributed by atoms with Gasteiger partial charge in [0.2, 0.25) is 0 Å². The molecule has 2 aromatic rings. The van der Waals surface area contributed by atoms with Crippen molar-refractivity contribution in [1.29, 1.82) is 0 Å². The summed E-state index contributed by atoms with van der Waals surface area (Å²) in [6, 6.07) is 12.5. The fourth-order valence-corrected chi connectivity index (χ4v) is 5.02. The highest BCUT2D eigenvalue weighted by Crippen LogP contribution is 2.39. The van der Waals surface area contributed by atoms with Gasteiger partial charge in [0.25, 0.3) is 5.56 Å². The lowest BCUT2D eigenvalue weighted by Gasteiger charge is -2.48. The first kappa shape index (κ1) is 18.4. The van der Waals surface area contributed by atoms with E-state index in [1.165, 1.54) is 44.3 Å². The Morgan fingerprint density at radius 1 is 1.04 bits per heavy atom. The Bertz CT molecular complexity index is 815. The molecule has 2 aliphatic rings. The van der Waals surface area contributed by atoms with Crippen LogP contribution in [0, 0.1) is 12.3 Å². The standard InChI is InChI=1S/C22H30N4O/c1-18-23-20(13-21(27)24-18)15-26-12-6-10-22(17-26)9-5-11-25(16-22)14-19-7-3-2-4-8-19/h2-4,7-8,13H,5-6,9-12,14-17H2,1H3,(H,23,24,27). The summed E-state index contributed by atoms with van der Waals surface area (Å²) >= 11 is 0. The van der Waals surface area contributed by atoms with Crippen molar-refractivity contribution in [3.8, 4) is 0 Å². The molecule has 0 saturated carbocycles. The summed E-state index contributed by atoms with van der Waals surface area (Å²) in [5.41, 5.74) is 2.65. The molecule has 0 radical (unpaired) electrons. The maximum atomic E-state index is 11.7. The summed E-state index contributed by atoms with van der Waals surface area (Å²) in [4.78, 5) is 24.2. The minimum absolute atomic E-state index is 0.0454. The third-order valence-corrected chi connectivity index (χ3v) is 6.03. The molecule has 0 amide bonds. The lowest BCUT2D eigenvalue weighted by molar-refractivity contribution is 0.00733. The van der Waals surface area contributed by atoms with E-state index in [1.54, 1.807) is 6.07 Å². The number of likely N-dealkylation sites (tertiary alicyclic amines) is 2. The molecule has 27 heavy (non-hydrogen) atoms. The van der Waals surface area contributed by atoms with E-state index in [0.717, 1.165) is 31.9 Å². The number of hydrogen-bond donors (Lipinski definition) is 1. The Morgan fingerprint density at radius 3 is 2.37 bits per heavy atom. The van der Waals surface area contributed by atoms with Gasteiger partial charge in [0.15, 0.2) is 0 Å². The van der Waals surface area contributed by atoms with E-state index in [0.29, 0.717) is 11.2 Å². The van der Waals surface area contributed by atoms with Crippen molar-refractivity contribution in [2.45, 2.75) is 45.7 Å². The lowest BCUT2D eigenvalue weighted by atomic mass is 9.73. The van der Waals surface area contributed by atoms with Gasteiger partial charge in [-0.15, -0.1) is 0 Å². The van der Waals surface area contributed by atoms with Crippen LogP contribution in [-0.2, 0) is 13.1 Å². The van der Waals surface area contributed by atoms with Gasteiger partial charge in [0, 0.05) is 32.2 Å². The van der Waals surface area contributed by atoms with Crippen LogP contribution in [0.25, 0.3) is 0 Å². The number of hydrogen-bond acceptors (Lipinski definition) is 4. The number of aromatic amines is 1. The summed E-state index contributed by atoms with van der Waals surface area (Å²) < 4.78 is 0. The first-order valence-corrected chi connectivity index (χ1v) is 10.2. The van der Waals surface area contributed by atoms with Crippen LogP contribution in [0.15, 0.2) is 41.2 Å². The van der Waals surface area contributed by atoms with Crippen molar-refractivity contribution >= 4 is 0 Å². The molecule has 1 unspecified atom stereocenters. The van der Waals surface area contributed by atoms with Crippen molar-refractivity contribution in [3.63, 3.8) is 0 Å². The molecule has 5 heteroatoms. The van der Waals surface area contributed by atoms with E-state index in [1.807, 2.05) is 6.92 Å². The number of H-pyrrole nitrogens is 1. The number of nitrogens with zero attached hydrogens (tertiary/aromatic N) is 3. The Labute approximate surface area is 161 Å². The van der Waals surface area contributed by atoms with Crippen molar-refractivity contribution in [3.05, 3.63) is 63.8 Å². The van der Waals surface area contributed by atoms with Crippen LogP contribution in [0.3, 0.4) is 0 Å². The maximum Gasteiger partial charge on any atom is 0.251 e. The van der Waals surface area contributed by atoms with E-state index >= 15 is 0 Å². The first-order valence-electron chi connectivity index (χ1n) is 10.2. The van der Waals surface area contributed by atoms with E-state index in [2.05, 4.69) is 50.1 Å². The summed E-state index contributed by atoms with van der Waals surface area (Å²) in [5.74, 6) is 0.705. The molecule has 1 aromatic heterocycles. The van der Waals surface area contributed by atoms with E-state index in [4.69, 9.17) is 0 Å². The fourth-order valence-electron chi connectivity index (χ4n) is 5.02. The third kappa shape index (κ3) is 4.66. The zero-order valence-corrected chi connectivity index (χ0v) is 16.3. The lowest BCUT2D eigenvalue weighted by Crippen LogP contribution is -2.51. The van der Waals surface area contributed by atoms with Crippen molar-refractivity contribution in [2.75, 3.05) is 26.2 Å². The second-order valence-electron chi connectivity index (χ2n) is 8.44. The normalized spacial score (nSPS) is 24.3. The Balaban J connectivity index is 1.42. The number of benzene rings is 1. The summed E-state index contributed by atoms with van der Waals surface area (Å²) in [5, 5.41) is 0. The molecule has 4 rings (SSSR count). The minimum atomic E-state index is -0.0454. The van der Waals surface area contributed by atoms with Crippen LogP contribution in [0.2, 0.25) is 0 Å². The van der Waals surface area contributed by atoms with Crippen molar-refractivity contribution < 1.29 is 0 Å². The van der Waals surface area contributed by atoms with Crippen molar-refractivity contribution in [2.24, 2.45) is 5.41 Å². The number of piperidine rings is 2. The predicted molar refractivity (Wildman–Crippen MR) is 107 cm³/mol. The largest absolute Gasteiger partial charge is 0.311 e. The first-order chi connectivity index (χ1) is 13.1. The summed E-state index contributed by atoms with van der Waals surface area (Å²) in [6.45, 7) is 8.29. The number of aryl methyl sites for hydroxylation is 1. The van der Waals surface area contributed by atoms with Crippen LogP contribution in [-0.4, -0.2) is 45.9 Å². The highest BCUT2D eigenvalue weighted by molar-refractivity contribution is 5.14. The van der Waals surface area contributed by atoms with Gasteiger partial charge in [-0.25, -0.2) is 4.98 Å². The molecule has 3 heterocycles. The molecule has 1 spiro atoms. The molecular formula is C22H30N4O. The molecule has 5 nitrogen and oxygen atoms in total. The van der Waals surface area contributed by atoms with Gasteiger partial charge in [0.05, 0.1) is 5.69 Å². The average Bonchev–Trinajstić information content (AvgIpc) is 2.62. The second-order valence-corrected chi connectivity index (χ2v) is 8.44. The third-order valence-electron chi connectivity index (χ3n) is 6.03. The molecule has 2 saturated heterocycles. The minimum Gasteiger partial charge on any atom is -0.311 e. The van der Waals surface area contributed by atoms with Gasteiger partial charge in [-0.3, -0.25) is 14.6 Å². The molecule has 144 valence electrons. The quantitative estimate of drug-likeness (QED) is 0.904. The van der Waals surface area contributed by atoms with Crippen LogP contribution < -0.4 is 5.56 Å². The summed E-state index contributed by atoms with van der Waals surface area (Å²) in [7, 11) is 0. The maximum absolute atomic E-state index is 11.7. The Hall–Kier alpha value is -1.98. The molecule has 1 aromatic carbocycles. The smallest absolute Gasteiger partial charge is 0.251 e. The van der Waals surface area contributed by atoms with Crippen LogP contribution in [0.5, 0.6) is 0 Å². The zero-order chi connectivity index (χ0) is 18.7. The van der Waals surface area contributed by atoms with Gasteiger partial charge >= 0.3 is 0 Å². The zero-order valence-electron chi connectivity index (χ0n) is 16.3. The van der Waals surface area contributed by atoms with Gasteiger partial charge in [0.1, 0.15) is 5.82 Å². The number of rotatable bonds is 4. The predicted octanol–water partition coefficient (Wildman–Crippen LogP) is 2.96. The van der Waals surface area contributed by atoms with Gasteiger partial charge < -0.3 is 4.98 Å². The molecule has 0 aliphatic carbocycles. The molecule has 2 aliphatic heterocycles. The summed E-state index contributed by atoms with van der Waals surface area (Å²) in [6.07, 6.45) is 5.15. The fraction of sp³-hybridized carbons (Fsp3) is 0.545. The highest BCUT2D eigenvalue weighted by Gasteiger charge is 2.39. The van der Waals surface area contributed by atoms with E-state index in [-0.39, 0.29) is 5.56 Å². The van der Waals surface area contributed by atoms with Crippen LogP contribution in [0.4, 0.5) is 0 Å². The molecular weight excluding hydrogens is 336 g/mol. The van der Waals surface area contributed by atoms with Gasteiger partial charge in [-0.05, 0) is 56.7 Å². The van der Waals surface area contributed by atoms with E-state index in [9.17, 15) is 4.79 Å². The Kier molecular flexibility index (Phi) is 5.41. The SMILES string of the molecule is Cc1nc(CN2CCCC3(CCCN(Cc4ccccc4)C3)C2)cc(=O)[nH]1. The average molecular weight is 367 g/mol. The topological polar surface area (TPSA) is 52.2 Å².